The van der Waals surface area contributed by atoms with Crippen LogP contribution >= 0.6 is 11.3 Å². The van der Waals surface area contributed by atoms with Crippen LogP contribution in [0.15, 0.2) is 41.3 Å². The number of hydrogen-bond acceptors (Lipinski definition) is 2. The van der Waals surface area contributed by atoms with Gasteiger partial charge in [-0.1, -0.05) is 23.8 Å². The van der Waals surface area contributed by atoms with E-state index in [1.165, 1.54) is 33.9 Å². The first kappa shape index (κ1) is 18.1. The normalized spacial score (nSPS) is 14.0. The lowest BCUT2D eigenvalue weighted by Crippen LogP contribution is -1.90. The molecule has 0 atom stereocenters. The van der Waals surface area contributed by atoms with Crippen molar-refractivity contribution in [3.63, 3.8) is 0 Å². The standard InChI is InChI=1S/C18H21FO2S/c1-11(7-9-17(19)12(2)10-18(20)21)6-8-16-13(3)14(4)22-15(16)5/h6-10H,1-5H3,(H,20,21). The van der Waals surface area contributed by atoms with E-state index in [0.29, 0.717) is 0 Å². The summed E-state index contributed by atoms with van der Waals surface area (Å²) in [6, 6.07) is 0. The summed E-state index contributed by atoms with van der Waals surface area (Å²) in [5.41, 5.74) is 3.47. The smallest absolute Gasteiger partial charge is 0.328 e. The number of carboxylic acids is 1. The number of carboxylic acid groups (broad SMARTS) is 1. The second-order valence-electron chi connectivity index (χ2n) is 5.18. The summed E-state index contributed by atoms with van der Waals surface area (Å²) in [5.74, 6) is -1.70. The number of rotatable bonds is 5. The van der Waals surface area contributed by atoms with Crippen molar-refractivity contribution in [1.82, 2.24) is 0 Å². The van der Waals surface area contributed by atoms with Crippen LogP contribution in [0.5, 0.6) is 0 Å². The van der Waals surface area contributed by atoms with Crippen LogP contribution in [0.1, 0.15) is 34.7 Å². The van der Waals surface area contributed by atoms with E-state index in [4.69, 9.17) is 5.11 Å². The molecule has 1 aromatic rings. The van der Waals surface area contributed by atoms with Crippen LogP contribution in [0.4, 0.5) is 4.39 Å². The van der Waals surface area contributed by atoms with Crippen molar-refractivity contribution < 1.29 is 14.3 Å². The average Bonchev–Trinajstić information content (AvgIpc) is 2.66. The fourth-order valence-electron chi connectivity index (χ4n) is 1.92. The van der Waals surface area contributed by atoms with Gasteiger partial charge in [0.1, 0.15) is 5.83 Å². The summed E-state index contributed by atoms with van der Waals surface area (Å²) in [6.45, 7) is 9.59. The van der Waals surface area contributed by atoms with Gasteiger partial charge in [0, 0.05) is 15.8 Å². The lowest BCUT2D eigenvalue weighted by molar-refractivity contribution is -0.131. The number of halogens is 1. The van der Waals surface area contributed by atoms with Crippen molar-refractivity contribution in [2.75, 3.05) is 0 Å². The Bertz CT molecular complexity index is 688. The minimum absolute atomic E-state index is 0.0978. The van der Waals surface area contributed by atoms with E-state index in [1.807, 2.05) is 19.1 Å². The van der Waals surface area contributed by atoms with Gasteiger partial charge in [-0.05, 0) is 57.4 Å². The monoisotopic (exact) mass is 320 g/mol. The predicted octanol–water partition coefficient (Wildman–Crippen LogP) is 5.52. The van der Waals surface area contributed by atoms with Crippen LogP contribution in [0.3, 0.4) is 0 Å². The van der Waals surface area contributed by atoms with Gasteiger partial charge in [0.2, 0.25) is 0 Å². The first-order valence-electron chi connectivity index (χ1n) is 6.92. The maximum atomic E-state index is 13.7. The highest BCUT2D eigenvalue weighted by Crippen LogP contribution is 2.27. The zero-order valence-electron chi connectivity index (χ0n) is 13.5. The summed E-state index contributed by atoms with van der Waals surface area (Å²) in [5, 5.41) is 8.58. The Balaban J connectivity index is 2.90. The van der Waals surface area contributed by atoms with E-state index in [9.17, 15) is 9.18 Å². The van der Waals surface area contributed by atoms with Gasteiger partial charge in [0.25, 0.3) is 0 Å². The van der Waals surface area contributed by atoms with E-state index >= 15 is 0 Å². The topological polar surface area (TPSA) is 37.3 Å². The molecule has 0 spiro atoms. The third-order valence-corrected chi connectivity index (χ3v) is 4.48. The third-order valence-electron chi connectivity index (χ3n) is 3.34. The molecule has 0 amide bonds. The van der Waals surface area contributed by atoms with Crippen LogP contribution in [0.25, 0.3) is 6.08 Å². The van der Waals surface area contributed by atoms with Crippen molar-refractivity contribution in [3.8, 4) is 0 Å². The molecule has 0 bridgehead atoms. The summed E-state index contributed by atoms with van der Waals surface area (Å²) in [7, 11) is 0. The van der Waals surface area contributed by atoms with E-state index < -0.39 is 11.8 Å². The van der Waals surface area contributed by atoms with Crippen LogP contribution < -0.4 is 0 Å². The van der Waals surface area contributed by atoms with Gasteiger partial charge in [-0.3, -0.25) is 0 Å². The van der Waals surface area contributed by atoms with E-state index in [2.05, 4.69) is 20.8 Å². The number of allylic oxidation sites excluding steroid dienone is 6. The number of thiophene rings is 1. The van der Waals surface area contributed by atoms with Crippen LogP contribution in [0, 0.1) is 20.8 Å². The zero-order valence-corrected chi connectivity index (χ0v) is 14.3. The SMILES string of the molecule is CC(C=Cc1c(C)sc(C)c1C)=CC=C(F)C(C)=CC(=O)O. The highest BCUT2D eigenvalue weighted by atomic mass is 32.1. The summed E-state index contributed by atoms with van der Waals surface area (Å²) >= 11 is 1.77. The lowest BCUT2D eigenvalue weighted by atomic mass is 10.1. The van der Waals surface area contributed by atoms with Gasteiger partial charge < -0.3 is 5.11 Å². The molecular weight excluding hydrogens is 299 g/mol. The summed E-state index contributed by atoms with van der Waals surface area (Å²) in [6.07, 6.45) is 7.74. The number of carbonyl (C=O) groups is 1. The van der Waals surface area contributed by atoms with Crippen molar-refractivity contribution in [3.05, 3.63) is 62.2 Å². The predicted molar refractivity (Wildman–Crippen MR) is 91.9 cm³/mol. The molecule has 0 saturated carbocycles. The molecule has 0 unspecified atom stereocenters. The van der Waals surface area contributed by atoms with Crippen molar-refractivity contribution in [1.29, 1.82) is 0 Å². The first-order valence-corrected chi connectivity index (χ1v) is 7.74. The molecule has 0 aliphatic heterocycles. The first-order chi connectivity index (χ1) is 10.2. The number of hydrogen-bond donors (Lipinski definition) is 1. The molecule has 1 rings (SSSR count). The maximum Gasteiger partial charge on any atom is 0.328 e. The fraction of sp³-hybridized carbons (Fsp3) is 0.278. The van der Waals surface area contributed by atoms with Crippen LogP contribution in [0.2, 0.25) is 0 Å². The minimum atomic E-state index is -1.15. The highest BCUT2D eigenvalue weighted by Gasteiger charge is 2.05. The van der Waals surface area contributed by atoms with Gasteiger partial charge in [-0.15, -0.1) is 11.3 Å². The Hall–Kier alpha value is -1.94. The second kappa shape index (κ2) is 7.90. The maximum absolute atomic E-state index is 13.7. The average molecular weight is 320 g/mol. The lowest BCUT2D eigenvalue weighted by Gasteiger charge is -1.96. The number of aliphatic carboxylic acids is 1. The Morgan fingerprint density at radius 3 is 2.27 bits per heavy atom. The zero-order chi connectivity index (χ0) is 16.9. The van der Waals surface area contributed by atoms with Crippen molar-refractivity contribution in [2.24, 2.45) is 0 Å². The molecule has 0 aromatic carbocycles. The molecule has 0 fully saturated rings. The third kappa shape index (κ3) is 5.11. The van der Waals surface area contributed by atoms with Gasteiger partial charge in [0.15, 0.2) is 0 Å². The molecule has 1 heterocycles. The van der Waals surface area contributed by atoms with E-state index in [0.717, 1.165) is 11.6 Å². The molecule has 2 nitrogen and oxygen atoms in total. The Kier molecular flexibility index (Phi) is 6.50. The Labute approximate surface area is 135 Å². The molecule has 4 heteroatoms. The molecule has 0 aliphatic carbocycles. The number of aryl methyl sites for hydroxylation is 2. The van der Waals surface area contributed by atoms with Crippen LogP contribution in [-0.4, -0.2) is 11.1 Å². The Morgan fingerprint density at radius 1 is 1.14 bits per heavy atom. The van der Waals surface area contributed by atoms with Gasteiger partial charge in [0.05, 0.1) is 0 Å². The fourth-order valence-corrected chi connectivity index (χ4v) is 2.97. The Morgan fingerprint density at radius 2 is 1.77 bits per heavy atom. The molecular formula is C18H21FO2S. The highest BCUT2D eigenvalue weighted by molar-refractivity contribution is 7.12. The van der Waals surface area contributed by atoms with Gasteiger partial charge in [-0.2, -0.15) is 0 Å². The molecule has 0 aliphatic rings. The molecule has 0 saturated heterocycles. The van der Waals surface area contributed by atoms with Crippen LogP contribution in [-0.2, 0) is 4.79 Å². The van der Waals surface area contributed by atoms with Crippen molar-refractivity contribution in [2.45, 2.75) is 34.6 Å². The summed E-state index contributed by atoms with van der Waals surface area (Å²) < 4.78 is 13.7. The molecule has 1 N–H and O–H groups in total. The minimum Gasteiger partial charge on any atom is -0.478 e. The second-order valence-corrected chi connectivity index (χ2v) is 6.61. The quantitative estimate of drug-likeness (QED) is 0.573. The molecule has 1 aromatic heterocycles. The van der Waals surface area contributed by atoms with Crippen molar-refractivity contribution >= 4 is 23.4 Å². The summed E-state index contributed by atoms with van der Waals surface area (Å²) in [4.78, 5) is 13.1. The largest absolute Gasteiger partial charge is 0.478 e. The molecule has 0 radical (unpaired) electrons. The molecule has 118 valence electrons. The van der Waals surface area contributed by atoms with Gasteiger partial charge in [-0.25, -0.2) is 9.18 Å². The van der Waals surface area contributed by atoms with E-state index in [1.54, 1.807) is 17.4 Å². The van der Waals surface area contributed by atoms with Gasteiger partial charge >= 0.3 is 5.97 Å². The molecule has 22 heavy (non-hydrogen) atoms. The van der Waals surface area contributed by atoms with E-state index in [-0.39, 0.29) is 5.57 Å².